The molecule has 1 heterocycles. The third-order valence-electron chi connectivity index (χ3n) is 3.03. The van der Waals surface area contributed by atoms with Gasteiger partial charge in [0, 0.05) is 25.6 Å². The zero-order valence-corrected chi connectivity index (χ0v) is 11.4. The number of rotatable bonds is 5. The third kappa shape index (κ3) is 5.25. The Morgan fingerprint density at radius 2 is 2.00 bits per heavy atom. The molecule has 19 heavy (non-hydrogen) atoms. The van der Waals surface area contributed by atoms with Crippen molar-refractivity contribution in [2.45, 2.75) is 31.7 Å². The standard InChI is InChI=1S/C12H21N3O4/c1-14(2)8-9-4-3-7-15(9)12(19)13-10(16)5-6-11(17)18/h9H,3-8H2,1-2H3,(H,17,18)(H,13,16,19). The Kier molecular flexibility index (Phi) is 5.75. The van der Waals surface area contributed by atoms with Crippen molar-refractivity contribution in [3.05, 3.63) is 0 Å². The lowest BCUT2D eigenvalue weighted by molar-refractivity contribution is -0.138. The first-order valence-electron chi connectivity index (χ1n) is 6.37. The van der Waals surface area contributed by atoms with Crippen molar-refractivity contribution in [2.24, 2.45) is 0 Å². The van der Waals surface area contributed by atoms with E-state index in [1.807, 2.05) is 19.0 Å². The summed E-state index contributed by atoms with van der Waals surface area (Å²) in [5.41, 5.74) is 0. The van der Waals surface area contributed by atoms with Gasteiger partial charge in [-0.05, 0) is 26.9 Å². The Bertz CT molecular complexity index is 357. The Morgan fingerprint density at radius 1 is 1.32 bits per heavy atom. The topological polar surface area (TPSA) is 90.0 Å². The first-order valence-corrected chi connectivity index (χ1v) is 6.37. The van der Waals surface area contributed by atoms with Crippen LogP contribution in [0.5, 0.6) is 0 Å². The van der Waals surface area contributed by atoms with E-state index in [1.165, 1.54) is 0 Å². The maximum atomic E-state index is 11.9. The van der Waals surface area contributed by atoms with Crippen LogP contribution in [0, 0.1) is 0 Å². The fraction of sp³-hybridized carbons (Fsp3) is 0.750. The molecule has 1 aliphatic heterocycles. The van der Waals surface area contributed by atoms with E-state index in [0.717, 1.165) is 19.4 Å². The Balaban J connectivity index is 2.43. The number of carboxylic acid groups (broad SMARTS) is 1. The number of amides is 3. The molecule has 7 nitrogen and oxygen atoms in total. The Hall–Kier alpha value is -1.63. The van der Waals surface area contributed by atoms with Crippen LogP contribution in [0.4, 0.5) is 4.79 Å². The fourth-order valence-electron chi connectivity index (χ4n) is 2.19. The quantitative estimate of drug-likeness (QED) is 0.741. The van der Waals surface area contributed by atoms with Crippen LogP contribution in [0.3, 0.4) is 0 Å². The molecule has 1 atom stereocenters. The summed E-state index contributed by atoms with van der Waals surface area (Å²) < 4.78 is 0. The maximum absolute atomic E-state index is 11.9. The van der Waals surface area contributed by atoms with E-state index in [1.54, 1.807) is 4.90 Å². The van der Waals surface area contributed by atoms with Gasteiger partial charge in [0.15, 0.2) is 0 Å². The maximum Gasteiger partial charge on any atom is 0.324 e. The van der Waals surface area contributed by atoms with Crippen LogP contribution in [0.15, 0.2) is 0 Å². The molecule has 1 unspecified atom stereocenters. The number of urea groups is 1. The predicted octanol–water partition coefficient (Wildman–Crippen LogP) is 0.113. The SMILES string of the molecule is CN(C)CC1CCCN1C(=O)NC(=O)CCC(=O)O. The average Bonchev–Trinajstić information content (AvgIpc) is 2.73. The van der Waals surface area contributed by atoms with Gasteiger partial charge in [0.1, 0.15) is 0 Å². The number of carbonyl (C=O) groups is 3. The first kappa shape index (κ1) is 15.4. The van der Waals surface area contributed by atoms with E-state index in [-0.39, 0.29) is 18.9 Å². The number of carbonyl (C=O) groups excluding carboxylic acids is 2. The van der Waals surface area contributed by atoms with Crippen molar-refractivity contribution < 1.29 is 19.5 Å². The number of likely N-dealkylation sites (N-methyl/N-ethyl adjacent to an activating group) is 1. The number of likely N-dealkylation sites (tertiary alicyclic amines) is 1. The predicted molar refractivity (Wildman–Crippen MR) is 68.7 cm³/mol. The minimum Gasteiger partial charge on any atom is -0.481 e. The molecule has 1 rings (SSSR count). The van der Waals surface area contributed by atoms with Crippen LogP contribution in [0.25, 0.3) is 0 Å². The summed E-state index contributed by atoms with van der Waals surface area (Å²) in [4.78, 5) is 37.3. The van der Waals surface area contributed by atoms with Crippen LogP contribution in [0.2, 0.25) is 0 Å². The van der Waals surface area contributed by atoms with Crippen molar-refractivity contribution >= 4 is 17.9 Å². The lowest BCUT2D eigenvalue weighted by Crippen LogP contribution is -2.48. The lowest BCUT2D eigenvalue weighted by atomic mass is 10.2. The third-order valence-corrected chi connectivity index (χ3v) is 3.03. The highest BCUT2D eigenvalue weighted by atomic mass is 16.4. The molecule has 0 aromatic rings. The van der Waals surface area contributed by atoms with Crippen molar-refractivity contribution in [1.29, 1.82) is 0 Å². The molecule has 1 saturated heterocycles. The molecule has 0 aromatic heterocycles. The van der Waals surface area contributed by atoms with Gasteiger partial charge in [0.05, 0.1) is 6.42 Å². The number of imide groups is 1. The number of hydrogen-bond donors (Lipinski definition) is 2. The molecule has 0 bridgehead atoms. The second-order valence-corrected chi connectivity index (χ2v) is 5.00. The summed E-state index contributed by atoms with van der Waals surface area (Å²) in [5.74, 6) is -1.59. The van der Waals surface area contributed by atoms with Crippen LogP contribution in [-0.2, 0) is 9.59 Å². The first-order chi connectivity index (χ1) is 8.90. The summed E-state index contributed by atoms with van der Waals surface area (Å²) in [7, 11) is 3.87. The van der Waals surface area contributed by atoms with E-state index < -0.39 is 17.9 Å². The number of nitrogens with zero attached hydrogens (tertiary/aromatic N) is 2. The van der Waals surface area contributed by atoms with Crippen LogP contribution >= 0.6 is 0 Å². The molecule has 0 aromatic carbocycles. The van der Waals surface area contributed by atoms with Crippen molar-refractivity contribution in [2.75, 3.05) is 27.2 Å². The summed E-state index contributed by atoms with van der Waals surface area (Å²) in [6.45, 7) is 1.40. The van der Waals surface area contributed by atoms with E-state index in [4.69, 9.17) is 5.11 Å². The zero-order valence-electron chi connectivity index (χ0n) is 11.4. The van der Waals surface area contributed by atoms with Crippen LogP contribution < -0.4 is 5.32 Å². The van der Waals surface area contributed by atoms with Crippen molar-refractivity contribution in [3.8, 4) is 0 Å². The van der Waals surface area contributed by atoms with Crippen molar-refractivity contribution in [1.82, 2.24) is 15.1 Å². The molecule has 1 aliphatic rings. The number of nitrogens with one attached hydrogen (secondary N) is 1. The van der Waals surface area contributed by atoms with Crippen LogP contribution in [0.1, 0.15) is 25.7 Å². The van der Waals surface area contributed by atoms with Gasteiger partial charge < -0.3 is 14.9 Å². The molecule has 2 N–H and O–H groups in total. The molecular formula is C12H21N3O4. The van der Waals surface area contributed by atoms with Gasteiger partial charge in [-0.1, -0.05) is 0 Å². The lowest BCUT2D eigenvalue weighted by Gasteiger charge is -2.26. The molecule has 7 heteroatoms. The molecule has 0 radical (unpaired) electrons. The van der Waals surface area contributed by atoms with Gasteiger partial charge in [0.2, 0.25) is 5.91 Å². The highest BCUT2D eigenvalue weighted by molar-refractivity contribution is 5.95. The van der Waals surface area contributed by atoms with Gasteiger partial charge in [-0.3, -0.25) is 14.9 Å². The number of carboxylic acids is 1. The zero-order chi connectivity index (χ0) is 14.4. The molecule has 0 aliphatic carbocycles. The van der Waals surface area contributed by atoms with Crippen molar-refractivity contribution in [3.63, 3.8) is 0 Å². The Morgan fingerprint density at radius 3 is 2.58 bits per heavy atom. The van der Waals surface area contributed by atoms with Gasteiger partial charge in [0.25, 0.3) is 0 Å². The molecule has 108 valence electrons. The minimum absolute atomic E-state index is 0.113. The molecule has 0 saturated carbocycles. The highest BCUT2D eigenvalue weighted by Crippen LogP contribution is 2.17. The smallest absolute Gasteiger partial charge is 0.324 e. The number of hydrogen-bond acceptors (Lipinski definition) is 4. The fourth-order valence-corrected chi connectivity index (χ4v) is 2.19. The monoisotopic (exact) mass is 271 g/mol. The largest absolute Gasteiger partial charge is 0.481 e. The van der Waals surface area contributed by atoms with Gasteiger partial charge in [-0.15, -0.1) is 0 Å². The minimum atomic E-state index is -1.05. The molecular weight excluding hydrogens is 250 g/mol. The normalized spacial score (nSPS) is 18.7. The second kappa shape index (κ2) is 7.08. The van der Waals surface area contributed by atoms with E-state index >= 15 is 0 Å². The molecule has 0 spiro atoms. The van der Waals surface area contributed by atoms with E-state index in [2.05, 4.69) is 5.32 Å². The van der Waals surface area contributed by atoms with Gasteiger partial charge in [-0.2, -0.15) is 0 Å². The van der Waals surface area contributed by atoms with E-state index in [0.29, 0.717) is 6.54 Å². The summed E-state index contributed by atoms with van der Waals surface area (Å²) in [6.07, 6.45) is 1.41. The van der Waals surface area contributed by atoms with Crippen LogP contribution in [-0.4, -0.2) is 66.0 Å². The second-order valence-electron chi connectivity index (χ2n) is 5.00. The summed E-state index contributed by atoms with van der Waals surface area (Å²) >= 11 is 0. The molecule has 3 amide bonds. The summed E-state index contributed by atoms with van der Waals surface area (Å²) in [6, 6.07) is -0.304. The average molecular weight is 271 g/mol. The summed E-state index contributed by atoms with van der Waals surface area (Å²) in [5, 5.41) is 10.7. The molecule has 1 fully saturated rings. The highest BCUT2D eigenvalue weighted by Gasteiger charge is 2.29. The Labute approximate surface area is 112 Å². The van der Waals surface area contributed by atoms with E-state index in [9.17, 15) is 14.4 Å². The van der Waals surface area contributed by atoms with Gasteiger partial charge in [-0.25, -0.2) is 4.79 Å². The number of aliphatic carboxylic acids is 1. The van der Waals surface area contributed by atoms with Gasteiger partial charge >= 0.3 is 12.0 Å².